The van der Waals surface area contributed by atoms with Gasteiger partial charge in [-0.2, -0.15) is 0 Å². The molecule has 2 aromatic rings. The van der Waals surface area contributed by atoms with E-state index < -0.39 is 0 Å². The maximum atomic E-state index is 12.3. The molecule has 0 aliphatic carbocycles. The Balaban J connectivity index is 1.77. The first-order valence-electron chi connectivity index (χ1n) is 7.14. The first-order valence-corrected chi connectivity index (χ1v) is 7.14. The normalized spacial score (nSPS) is 21.3. The van der Waals surface area contributed by atoms with E-state index in [2.05, 4.69) is 20.3 Å². The van der Waals surface area contributed by atoms with Crippen molar-refractivity contribution in [2.45, 2.75) is 25.0 Å². The van der Waals surface area contributed by atoms with E-state index in [0.717, 1.165) is 18.4 Å². The number of nitrogen functional groups attached to an aromatic ring is 1. The molecule has 7 nitrogen and oxygen atoms in total. The zero-order valence-electron chi connectivity index (χ0n) is 12.0. The second-order valence-corrected chi connectivity index (χ2v) is 5.08. The minimum atomic E-state index is -0.333. The van der Waals surface area contributed by atoms with Gasteiger partial charge < -0.3 is 15.8 Å². The Morgan fingerprint density at radius 1 is 1.23 bits per heavy atom. The molecule has 7 heteroatoms. The Morgan fingerprint density at radius 2 is 2.00 bits per heavy atom. The van der Waals surface area contributed by atoms with Crippen molar-refractivity contribution < 1.29 is 9.53 Å². The van der Waals surface area contributed by atoms with Gasteiger partial charge in [0.25, 0.3) is 5.91 Å². The van der Waals surface area contributed by atoms with Gasteiger partial charge in [0.05, 0.1) is 6.04 Å². The molecule has 1 fully saturated rings. The number of aromatic nitrogens is 3. The van der Waals surface area contributed by atoms with Gasteiger partial charge in [-0.05, 0) is 30.5 Å². The van der Waals surface area contributed by atoms with Crippen molar-refractivity contribution in [2.24, 2.45) is 0 Å². The fourth-order valence-corrected chi connectivity index (χ4v) is 2.57. The van der Waals surface area contributed by atoms with Crippen LogP contribution in [0.4, 0.5) is 5.82 Å². The Hall–Kier alpha value is -2.54. The number of pyridine rings is 1. The fourth-order valence-electron chi connectivity index (χ4n) is 2.57. The zero-order chi connectivity index (χ0) is 15.4. The van der Waals surface area contributed by atoms with Gasteiger partial charge >= 0.3 is 0 Å². The van der Waals surface area contributed by atoms with Gasteiger partial charge in [-0.3, -0.25) is 9.78 Å². The molecule has 1 aliphatic rings. The number of carbonyl (C=O) groups is 1. The topological polar surface area (TPSA) is 103 Å². The van der Waals surface area contributed by atoms with Crippen molar-refractivity contribution >= 4 is 11.7 Å². The minimum absolute atomic E-state index is 0.122. The molecule has 1 amide bonds. The van der Waals surface area contributed by atoms with Gasteiger partial charge in [0, 0.05) is 31.4 Å². The standard InChI is InChI=1S/C15H17N5O2/c16-14-12(18-7-8-19-14)15(21)20-11-2-1-9-22-13(11)10-3-5-17-6-4-10/h3-8,11,13H,1-2,9H2,(H2,16,19)(H,20,21)/t11-,13+/m0/s1. The van der Waals surface area contributed by atoms with Crippen LogP contribution in [0.5, 0.6) is 0 Å². The van der Waals surface area contributed by atoms with Crippen molar-refractivity contribution in [2.75, 3.05) is 12.3 Å². The Kier molecular flexibility index (Phi) is 4.24. The van der Waals surface area contributed by atoms with Crippen LogP contribution in [0.1, 0.15) is 35.0 Å². The molecular weight excluding hydrogens is 282 g/mol. The van der Waals surface area contributed by atoms with Crippen molar-refractivity contribution in [3.8, 4) is 0 Å². The number of ether oxygens (including phenoxy) is 1. The summed E-state index contributed by atoms with van der Waals surface area (Å²) >= 11 is 0. The third kappa shape index (κ3) is 3.04. The Bertz CT molecular complexity index is 649. The predicted molar refractivity (Wildman–Crippen MR) is 79.9 cm³/mol. The number of nitrogens with zero attached hydrogens (tertiary/aromatic N) is 3. The molecule has 0 spiro atoms. The summed E-state index contributed by atoms with van der Waals surface area (Å²) in [6.07, 6.45) is 7.86. The van der Waals surface area contributed by atoms with E-state index in [-0.39, 0.29) is 29.6 Å². The van der Waals surface area contributed by atoms with E-state index in [0.29, 0.717) is 6.61 Å². The molecule has 2 aromatic heterocycles. The summed E-state index contributed by atoms with van der Waals surface area (Å²) in [4.78, 5) is 24.2. The van der Waals surface area contributed by atoms with Crippen LogP contribution in [0.25, 0.3) is 0 Å². The molecule has 1 saturated heterocycles. The number of rotatable bonds is 3. The molecule has 3 N–H and O–H groups in total. The molecular formula is C15H17N5O2. The molecule has 3 heterocycles. The highest BCUT2D eigenvalue weighted by molar-refractivity contribution is 5.96. The summed E-state index contributed by atoms with van der Waals surface area (Å²) in [5.41, 5.74) is 6.83. The van der Waals surface area contributed by atoms with Gasteiger partial charge in [0.1, 0.15) is 6.10 Å². The summed E-state index contributed by atoms with van der Waals surface area (Å²) in [5.74, 6) is -0.211. The average Bonchev–Trinajstić information content (AvgIpc) is 2.56. The summed E-state index contributed by atoms with van der Waals surface area (Å²) in [6.45, 7) is 0.673. The van der Waals surface area contributed by atoms with Crippen LogP contribution in [0.3, 0.4) is 0 Å². The lowest BCUT2D eigenvalue weighted by Crippen LogP contribution is -2.43. The highest BCUT2D eigenvalue weighted by Gasteiger charge is 2.29. The smallest absolute Gasteiger partial charge is 0.274 e. The lowest BCUT2D eigenvalue weighted by Gasteiger charge is -2.32. The molecule has 114 valence electrons. The first-order chi connectivity index (χ1) is 10.8. The van der Waals surface area contributed by atoms with E-state index in [1.165, 1.54) is 12.4 Å². The van der Waals surface area contributed by atoms with Gasteiger partial charge in [-0.25, -0.2) is 9.97 Å². The van der Waals surface area contributed by atoms with Crippen LogP contribution < -0.4 is 11.1 Å². The Morgan fingerprint density at radius 3 is 2.77 bits per heavy atom. The largest absolute Gasteiger partial charge is 0.382 e. The van der Waals surface area contributed by atoms with Crippen molar-refractivity contribution in [1.82, 2.24) is 20.3 Å². The van der Waals surface area contributed by atoms with Crippen LogP contribution in [0.15, 0.2) is 36.9 Å². The quantitative estimate of drug-likeness (QED) is 0.880. The molecule has 2 atom stereocenters. The highest BCUT2D eigenvalue weighted by atomic mass is 16.5. The predicted octanol–water partition coefficient (Wildman–Crippen LogP) is 1.10. The van der Waals surface area contributed by atoms with E-state index in [4.69, 9.17) is 10.5 Å². The summed E-state index contributed by atoms with van der Waals surface area (Å²) in [5, 5.41) is 2.96. The molecule has 0 radical (unpaired) electrons. The number of nitrogens with two attached hydrogens (primary N) is 1. The number of hydrogen-bond donors (Lipinski definition) is 2. The van der Waals surface area contributed by atoms with E-state index >= 15 is 0 Å². The van der Waals surface area contributed by atoms with Gasteiger partial charge in [-0.15, -0.1) is 0 Å². The molecule has 0 saturated carbocycles. The third-order valence-electron chi connectivity index (χ3n) is 3.62. The Labute approximate surface area is 127 Å². The van der Waals surface area contributed by atoms with E-state index in [1.807, 2.05) is 12.1 Å². The molecule has 0 bridgehead atoms. The van der Waals surface area contributed by atoms with Crippen molar-refractivity contribution in [3.05, 3.63) is 48.2 Å². The van der Waals surface area contributed by atoms with Gasteiger partial charge in [0.2, 0.25) is 0 Å². The van der Waals surface area contributed by atoms with Crippen molar-refractivity contribution in [1.29, 1.82) is 0 Å². The van der Waals surface area contributed by atoms with Crippen LogP contribution >= 0.6 is 0 Å². The number of nitrogens with one attached hydrogen (secondary N) is 1. The van der Waals surface area contributed by atoms with Gasteiger partial charge in [0.15, 0.2) is 11.5 Å². The number of amides is 1. The fraction of sp³-hybridized carbons (Fsp3) is 0.333. The maximum Gasteiger partial charge on any atom is 0.274 e. The summed E-state index contributed by atoms with van der Waals surface area (Å²) in [7, 11) is 0. The maximum absolute atomic E-state index is 12.3. The lowest BCUT2D eigenvalue weighted by atomic mass is 9.96. The summed E-state index contributed by atoms with van der Waals surface area (Å²) in [6, 6.07) is 3.66. The second-order valence-electron chi connectivity index (χ2n) is 5.08. The van der Waals surface area contributed by atoms with Crippen LogP contribution in [0.2, 0.25) is 0 Å². The number of hydrogen-bond acceptors (Lipinski definition) is 6. The first kappa shape index (κ1) is 14.4. The van der Waals surface area contributed by atoms with E-state index in [9.17, 15) is 4.79 Å². The van der Waals surface area contributed by atoms with Gasteiger partial charge in [-0.1, -0.05) is 0 Å². The lowest BCUT2D eigenvalue weighted by molar-refractivity contribution is -0.00954. The molecule has 3 rings (SSSR count). The zero-order valence-corrected chi connectivity index (χ0v) is 12.0. The SMILES string of the molecule is Nc1nccnc1C(=O)N[C@H]1CCCO[C@@H]1c1ccncc1. The molecule has 0 unspecified atom stereocenters. The third-order valence-corrected chi connectivity index (χ3v) is 3.62. The monoisotopic (exact) mass is 299 g/mol. The van der Waals surface area contributed by atoms with Crippen molar-refractivity contribution in [3.63, 3.8) is 0 Å². The molecule has 0 aromatic carbocycles. The minimum Gasteiger partial charge on any atom is -0.382 e. The summed E-state index contributed by atoms with van der Waals surface area (Å²) < 4.78 is 5.83. The second kappa shape index (κ2) is 6.48. The molecule has 22 heavy (non-hydrogen) atoms. The van der Waals surface area contributed by atoms with Crippen LogP contribution in [-0.2, 0) is 4.74 Å². The number of anilines is 1. The molecule has 1 aliphatic heterocycles. The van der Waals surface area contributed by atoms with E-state index in [1.54, 1.807) is 12.4 Å². The number of carbonyl (C=O) groups excluding carboxylic acids is 1. The van der Waals surface area contributed by atoms with Crippen LogP contribution in [-0.4, -0.2) is 33.5 Å². The van der Waals surface area contributed by atoms with Crippen LogP contribution in [0, 0.1) is 0 Å². The highest BCUT2D eigenvalue weighted by Crippen LogP contribution is 2.28. The average molecular weight is 299 g/mol.